The van der Waals surface area contributed by atoms with Crippen molar-refractivity contribution in [3.05, 3.63) is 41.5 Å². The molecule has 25 heavy (non-hydrogen) atoms. The molecule has 138 valence electrons. The van der Waals surface area contributed by atoms with E-state index in [1.807, 2.05) is 13.0 Å². The number of carbonyl (C=O) groups excluding carboxylic acids is 1. The van der Waals surface area contributed by atoms with Crippen LogP contribution in [0.4, 0.5) is 5.69 Å². The smallest absolute Gasteiger partial charge is 0.243 e. The molecular weight excluding hydrogens is 336 g/mol. The minimum atomic E-state index is -3.56. The normalized spacial score (nSPS) is 16.0. The summed E-state index contributed by atoms with van der Waals surface area (Å²) in [7, 11) is -3.56. The van der Waals surface area contributed by atoms with Crippen LogP contribution in [0.1, 0.15) is 44.6 Å². The molecule has 1 amide bonds. The first-order valence-corrected chi connectivity index (χ1v) is 10.7. The van der Waals surface area contributed by atoms with Crippen molar-refractivity contribution in [1.82, 2.24) is 5.32 Å². The summed E-state index contributed by atoms with van der Waals surface area (Å²) in [4.78, 5) is 12.5. The molecule has 0 aliphatic heterocycles. The van der Waals surface area contributed by atoms with Gasteiger partial charge >= 0.3 is 0 Å². The lowest BCUT2D eigenvalue weighted by atomic mass is 9.97. The molecule has 0 fully saturated rings. The highest BCUT2D eigenvalue weighted by atomic mass is 32.2. The number of allylic oxidation sites excluding steroid dienone is 1. The summed E-state index contributed by atoms with van der Waals surface area (Å²) in [5.41, 5.74) is 2.85. The summed E-state index contributed by atoms with van der Waals surface area (Å²) < 4.78 is 25.7. The van der Waals surface area contributed by atoms with Gasteiger partial charge in [0.1, 0.15) is 6.04 Å². The lowest BCUT2D eigenvalue weighted by Gasteiger charge is -2.28. The Bertz CT molecular complexity index is 741. The van der Waals surface area contributed by atoms with Gasteiger partial charge in [0.15, 0.2) is 0 Å². The number of amides is 1. The first kappa shape index (κ1) is 19.5. The van der Waals surface area contributed by atoms with E-state index >= 15 is 0 Å². The Morgan fingerprint density at radius 1 is 1.32 bits per heavy atom. The van der Waals surface area contributed by atoms with Crippen LogP contribution in [0.15, 0.2) is 35.9 Å². The van der Waals surface area contributed by atoms with Crippen molar-refractivity contribution in [2.75, 3.05) is 17.1 Å². The summed E-state index contributed by atoms with van der Waals surface area (Å²) in [6.45, 7) is 4.06. The molecule has 0 saturated carbocycles. The average molecular weight is 365 g/mol. The molecule has 1 atom stereocenters. The Kier molecular flexibility index (Phi) is 6.64. The standard InChI is InChI=1S/C19H28N2O3S/c1-15-8-7-11-18(14-15)21(25(3,23)24)16(2)19(22)20-13-12-17-9-5-4-6-10-17/h7-9,11,14,16H,4-6,10,12-13H2,1-3H3,(H,20,22)/t16-/m0/s1. The highest BCUT2D eigenvalue weighted by molar-refractivity contribution is 7.92. The summed E-state index contributed by atoms with van der Waals surface area (Å²) in [6, 6.07) is 6.38. The molecule has 0 saturated heterocycles. The fourth-order valence-electron chi connectivity index (χ4n) is 3.20. The van der Waals surface area contributed by atoms with Crippen LogP contribution in [0.25, 0.3) is 0 Å². The Balaban J connectivity index is 2.04. The first-order chi connectivity index (χ1) is 11.8. The second-order valence-electron chi connectivity index (χ2n) is 6.72. The number of nitrogens with zero attached hydrogens (tertiary/aromatic N) is 1. The fraction of sp³-hybridized carbons (Fsp3) is 0.526. The third kappa shape index (κ3) is 5.59. The van der Waals surface area contributed by atoms with Crippen molar-refractivity contribution in [3.63, 3.8) is 0 Å². The zero-order valence-electron chi connectivity index (χ0n) is 15.3. The van der Waals surface area contributed by atoms with Crippen LogP contribution < -0.4 is 9.62 Å². The van der Waals surface area contributed by atoms with Crippen molar-refractivity contribution in [2.24, 2.45) is 0 Å². The van der Waals surface area contributed by atoms with E-state index in [4.69, 9.17) is 0 Å². The van der Waals surface area contributed by atoms with Crippen LogP contribution in [0.2, 0.25) is 0 Å². The van der Waals surface area contributed by atoms with Gasteiger partial charge in [-0.3, -0.25) is 9.10 Å². The lowest BCUT2D eigenvalue weighted by molar-refractivity contribution is -0.121. The van der Waals surface area contributed by atoms with E-state index in [2.05, 4.69) is 11.4 Å². The predicted molar refractivity (Wildman–Crippen MR) is 102 cm³/mol. The van der Waals surface area contributed by atoms with E-state index in [9.17, 15) is 13.2 Å². The molecule has 0 spiro atoms. The number of rotatable bonds is 7. The minimum absolute atomic E-state index is 0.275. The van der Waals surface area contributed by atoms with E-state index in [-0.39, 0.29) is 5.91 Å². The van der Waals surface area contributed by atoms with Gasteiger partial charge < -0.3 is 5.32 Å². The van der Waals surface area contributed by atoms with Gasteiger partial charge in [0.25, 0.3) is 0 Å². The maximum absolute atomic E-state index is 12.5. The Labute approximate surface area is 151 Å². The number of aryl methyl sites for hydroxylation is 1. The number of sulfonamides is 1. The van der Waals surface area contributed by atoms with E-state index in [1.54, 1.807) is 25.1 Å². The minimum Gasteiger partial charge on any atom is -0.354 e. The molecule has 1 aromatic rings. The van der Waals surface area contributed by atoms with E-state index in [0.717, 1.165) is 31.1 Å². The molecule has 0 aromatic heterocycles. The lowest BCUT2D eigenvalue weighted by Crippen LogP contribution is -2.48. The second kappa shape index (κ2) is 8.52. The maximum atomic E-state index is 12.5. The van der Waals surface area contributed by atoms with Crippen molar-refractivity contribution in [1.29, 1.82) is 0 Å². The monoisotopic (exact) mass is 364 g/mol. The highest BCUT2D eigenvalue weighted by Gasteiger charge is 2.28. The van der Waals surface area contributed by atoms with E-state index in [0.29, 0.717) is 12.2 Å². The summed E-state index contributed by atoms with van der Waals surface area (Å²) in [6.07, 6.45) is 8.90. The SMILES string of the molecule is Cc1cccc(N([C@@H](C)C(=O)NCCC2=CCCCC2)S(C)(=O)=O)c1. The van der Waals surface area contributed by atoms with Gasteiger partial charge in [-0.15, -0.1) is 0 Å². The molecule has 0 unspecified atom stereocenters. The van der Waals surface area contributed by atoms with Gasteiger partial charge in [0.2, 0.25) is 15.9 Å². The van der Waals surface area contributed by atoms with E-state index in [1.165, 1.54) is 22.7 Å². The summed E-state index contributed by atoms with van der Waals surface area (Å²) >= 11 is 0. The van der Waals surface area contributed by atoms with Crippen molar-refractivity contribution in [2.45, 2.75) is 52.0 Å². The highest BCUT2D eigenvalue weighted by Crippen LogP contribution is 2.22. The van der Waals surface area contributed by atoms with Crippen LogP contribution in [-0.4, -0.2) is 33.2 Å². The van der Waals surface area contributed by atoms with Gasteiger partial charge in [-0.05, 0) is 63.6 Å². The largest absolute Gasteiger partial charge is 0.354 e. The number of anilines is 1. The summed E-state index contributed by atoms with van der Waals surface area (Å²) in [5.74, 6) is -0.275. The van der Waals surface area contributed by atoms with Crippen molar-refractivity contribution in [3.8, 4) is 0 Å². The Morgan fingerprint density at radius 2 is 2.08 bits per heavy atom. The van der Waals surface area contributed by atoms with Crippen molar-refractivity contribution < 1.29 is 13.2 Å². The van der Waals surface area contributed by atoms with Crippen LogP contribution in [0, 0.1) is 6.92 Å². The van der Waals surface area contributed by atoms with Crippen LogP contribution in [-0.2, 0) is 14.8 Å². The number of hydrogen-bond donors (Lipinski definition) is 1. The fourth-order valence-corrected chi connectivity index (χ4v) is 4.37. The second-order valence-corrected chi connectivity index (χ2v) is 8.58. The Morgan fingerprint density at radius 3 is 2.68 bits per heavy atom. The number of nitrogens with one attached hydrogen (secondary N) is 1. The summed E-state index contributed by atoms with van der Waals surface area (Å²) in [5, 5.41) is 2.88. The van der Waals surface area contributed by atoms with Gasteiger partial charge in [-0.1, -0.05) is 23.8 Å². The molecule has 0 radical (unpaired) electrons. The number of hydrogen-bond acceptors (Lipinski definition) is 3. The van der Waals surface area contributed by atoms with Gasteiger partial charge in [-0.25, -0.2) is 8.42 Å². The van der Waals surface area contributed by atoms with Crippen LogP contribution in [0.5, 0.6) is 0 Å². The molecule has 2 rings (SSSR count). The zero-order valence-corrected chi connectivity index (χ0v) is 16.1. The molecule has 1 aliphatic carbocycles. The molecule has 1 aromatic carbocycles. The molecule has 5 nitrogen and oxygen atoms in total. The zero-order chi connectivity index (χ0) is 18.4. The first-order valence-electron chi connectivity index (χ1n) is 8.81. The third-order valence-corrected chi connectivity index (χ3v) is 5.72. The Hall–Kier alpha value is -1.82. The molecule has 0 heterocycles. The molecular formula is C19H28N2O3S. The molecule has 1 N–H and O–H groups in total. The molecule has 1 aliphatic rings. The number of benzene rings is 1. The molecule has 0 bridgehead atoms. The number of carbonyl (C=O) groups is 1. The average Bonchev–Trinajstić information content (AvgIpc) is 2.54. The van der Waals surface area contributed by atoms with Crippen LogP contribution >= 0.6 is 0 Å². The van der Waals surface area contributed by atoms with Crippen LogP contribution in [0.3, 0.4) is 0 Å². The maximum Gasteiger partial charge on any atom is 0.243 e. The predicted octanol–water partition coefficient (Wildman–Crippen LogP) is 3.16. The van der Waals surface area contributed by atoms with Gasteiger partial charge in [0, 0.05) is 6.54 Å². The topological polar surface area (TPSA) is 66.5 Å². The van der Waals surface area contributed by atoms with Crippen molar-refractivity contribution >= 4 is 21.6 Å². The van der Waals surface area contributed by atoms with E-state index < -0.39 is 16.1 Å². The quantitative estimate of drug-likeness (QED) is 0.756. The van der Waals surface area contributed by atoms with Gasteiger partial charge in [0.05, 0.1) is 11.9 Å². The van der Waals surface area contributed by atoms with Gasteiger partial charge in [-0.2, -0.15) is 0 Å². The third-order valence-electron chi connectivity index (χ3n) is 4.48. The molecule has 6 heteroatoms.